The van der Waals surface area contributed by atoms with E-state index in [1.807, 2.05) is 0 Å². The topological polar surface area (TPSA) is 21.3 Å². The summed E-state index contributed by atoms with van der Waals surface area (Å²) in [5.41, 5.74) is 0. The molecule has 1 unspecified atom stereocenters. The summed E-state index contributed by atoms with van der Waals surface area (Å²) in [6.45, 7) is 6.55. The maximum absolute atomic E-state index is 5.41. The monoisotopic (exact) mass is 213 g/mol. The SMILES string of the molecule is CNC(CCCC(C)C)C1CCOCC1. The number of ether oxygens (including phenoxy) is 1. The first-order valence-corrected chi connectivity index (χ1v) is 6.49. The molecule has 15 heavy (non-hydrogen) atoms. The predicted molar refractivity (Wildman–Crippen MR) is 65.1 cm³/mol. The highest BCUT2D eigenvalue weighted by atomic mass is 16.5. The molecule has 1 aliphatic heterocycles. The lowest BCUT2D eigenvalue weighted by molar-refractivity contribution is 0.0532. The highest BCUT2D eigenvalue weighted by Crippen LogP contribution is 2.22. The van der Waals surface area contributed by atoms with Gasteiger partial charge in [0.1, 0.15) is 0 Å². The lowest BCUT2D eigenvalue weighted by atomic mass is 9.88. The molecule has 1 fully saturated rings. The van der Waals surface area contributed by atoms with Crippen LogP contribution in [0.4, 0.5) is 0 Å². The molecule has 1 rings (SSSR count). The maximum atomic E-state index is 5.41. The van der Waals surface area contributed by atoms with E-state index in [-0.39, 0.29) is 0 Å². The largest absolute Gasteiger partial charge is 0.381 e. The molecule has 1 aliphatic rings. The van der Waals surface area contributed by atoms with Crippen LogP contribution in [-0.4, -0.2) is 26.3 Å². The Kier molecular flexibility index (Phi) is 6.26. The van der Waals surface area contributed by atoms with Crippen molar-refractivity contribution in [2.75, 3.05) is 20.3 Å². The number of hydrogen-bond acceptors (Lipinski definition) is 2. The highest BCUT2D eigenvalue weighted by molar-refractivity contribution is 4.77. The molecule has 0 saturated carbocycles. The predicted octanol–water partition coefficient (Wildman–Crippen LogP) is 2.83. The third-order valence-electron chi connectivity index (χ3n) is 3.50. The Morgan fingerprint density at radius 1 is 1.20 bits per heavy atom. The second-order valence-corrected chi connectivity index (χ2v) is 5.17. The van der Waals surface area contributed by atoms with E-state index >= 15 is 0 Å². The van der Waals surface area contributed by atoms with E-state index in [1.54, 1.807) is 0 Å². The van der Waals surface area contributed by atoms with Gasteiger partial charge in [0, 0.05) is 19.3 Å². The van der Waals surface area contributed by atoms with Crippen LogP contribution in [0.2, 0.25) is 0 Å². The Hall–Kier alpha value is -0.0800. The van der Waals surface area contributed by atoms with Gasteiger partial charge in [-0.25, -0.2) is 0 Å². The Labute approximate surface area is 94.8 Å². The van der Waals surface area contributed by atoms with E-state index in [2.05, 4.69) is 26.2 Å². The Balaban J connectivity index is 2.21. The molecule has 1 heterocycles. The smallest absolute Gasteiger partial charge is 0.0469 e. The minimum atomic E-state index is 0.715. The van der Waals surface area contributed by atoms with Crippen LogP contribution >= 0.6 is 0 Å². The van der Waals surface area contributed by atoms with Gasteiger partial charge in [-0.3, -0.25) is 0 Å². The average Bonchev–Trinajstić information content (AvgIpc) is 2.25. The van der Waals surface area contributed by atoms with Crippen molar-refractivity contribution >= 4 is 0 Å². The molecule has 1 N–H and O–H groups in total. The zero-order valence-electron chi connectivity index (χ0n) is 10.6. The number of nitrogens with one attached hydrogen (secondary N) is 1. The first-order chi connectivity index (χ1) is 7.24. The van der Waals surface area contributed by atoms with Crippen molar-refractivity contribution in [3.63, 3.8) is 0 Å². The number of hydrogen-bond donors (Lipinski definition) is 1. The van der Waals surface area contributed by atoms with Gasteiger partial charge in [-0.2, -0.15) is 0 Å². The average molecular weight is 213 g/mol. The van der Waals surface area contributed by atoms with Crippen LogP contribution in [0.15, 0.2) is 0 Å². The number of rotatable bonds is 6. The Morgan fingerprint density at radius 3 is 2.40 bits per heavy atom. The van der Waals surface area contributed by atoms with Crippen LogP contribution < -0.4 is 5.32 Å². The van der Waals surface area contributed by atoms with Crippen LogP contribution in [0.5, 0.6) is 0 Å². The molecule has 0 spiro atoms. The van der Waals surface area contributed by atoms with Gasteiger partial charge in [0.05, 0.1) is 0 Å². The van der Waals surface area contributed by atoms with Crippen molar-refractivity contribution in [3.8, 4) is 0 Å². The molecule has 2 heteroatoms. The Morgan fingerprint density at radius 2 is 1.87 bits per heavy atom. The van der Waals surface area contributed by atoms with Gasteiger partial charge in [-0.05, 0) is 38.1 Å². The standard InChI is InChI=1S/C13H27NO/c1-11(2)5-4-6-13(14-3)12-7-9-15-10-8-12/h11-14H,4-10H2,1-3H3. The van der Waals surface area contributed by atoms with Crippen molar-refractivity contribution in [3.05, 3.63) is 0 Å². The zero-order chi connectivity index (χ0) is 11.1. The molecule has 1 atom stereocenters. The van der Waals surface area contributed by atoms with E-state index < -0.39 is 0 Å². The van der Waals surface area contributed by atoms with Crippen molar-refractivity contribution in [1.82, 2.24) is 5.32 Å². The van der Waals surface area contributed by atoms with Gasteiger partial charge in [0.25, 0.3) is 0 Å². The molecule has 2 nitrogen and oxygen atoms in total. The van der Waals surface area contributed by atoms with Crippen molar-refractivity contribution in [2.24, 2.45) is 11.8 Å². The van der Waals surface area contributed by atoms with Gasteiger partial charge in [0.15, 0.2) is 0 Å². The summed E-state index contributed by atoms with van der Waals surface area (Å²) in [6.07, 6.45) is 6.54. The van der Waals surface area contributed by atoms with Crippen LogP contribution in [0, 0.1) is 11.8 Å². The molecule has 0 aromatic heterocycles. The normalized spacial score (nSPS) is 20.8. The molecule has 0 amide bonds. The second kappa shape index (κ2) is 7.24. The quantitative estimate of drug-likeness (QED) is 0.732. The maximum Gasteiger partial charge on any atom is 0.0469 e. The fourth-order valence-electron chi connectivity index (χ4n) is 2.48. The molecule has 1 saturated heterocycles. The lowest BCUT2D eigenvalue weighted by Gasteiger charge is -2.30. The van der Waals surface area contributed by atoms with E-state index in [0.717, 1.165) is 25.0 Å². The van der Waals surface area contributed by atoms with E-state index in [0.29, 0.717) is 6.04 Å². The van der Waals surface area contributed by atoms with Crippen molar-refractivity contribution in [1.29, 1.82) is 0 Å². The minimum absolute atomic E-state index is 0.715. The summed E-state index contributed by atoms with van der Waals surface area (Å²) in [4.78, 5) is 0. The van der Waals surface area contributed by atoms with Crippen molar-refractivity contribution < 1.29 is 4.74 Å². The second-order valence-electron chi connectivity index (χ2n) is 5.17. The van der Waals surface area contributed by atoms with E-state index in [4.69, 9.17) is 4.74 Å². The summed E-state index contributed by atoms with van der Waals surface area (Å²) >= 11 is 0. The lowest BCUT2D eigenvalue weighted by Crippen LogP contribution is -2.36. The fourth-order valence-corrected chi connectivity index (χ4v) is 2.48. The first kappa shape index (κ1) is 13.0. The Bertz CT molecular complexity index is 153. The summed E-state index contributed by atoms with van der Waals surface area (Å²) in [7, 11) is 2.11. The highest BCUT2D eigenvalue weighted by Gasteiger charge is 2.22. The molecular weight excluding hydrogens is 186 g/mol. The van der Waals surface area contributed by atoms with Gasteiger partial charge >= 0.3 is 0 Å². The molecule has 0 radical (unpaired) electrons. The van der Waals surface area contributed by atoms with Crippen LogP contribution in [0.3, 0.4) is 0 Å². The van der Waals surface area contributed by atoms with Crippen LogP contribution in [-0.2, 0) is 4.74 Å². The van der Waals surface area contributed by atoms with Gasteiger partial charge in [-0.15, -0.1) is 0 Å². The summed E-state index contributed by atoms with van der Waals surface area (Å²) in [6, 6.07) is 0.715. The summed E-state index contributed by atoms with van der Waals surface area (Å²) < 4.78 is 5.41. The molecule has 0 aliphatic carbocycles. The fraction of sp³-hybridized carbons (Fsp3) is 1.00. The van der Waals surface area contributed by atoms with E-state index in [1.165, 1.54) is 32.1 Å². The molecule has 0 bridgehead atoms. The third-order valence-corrected chi connectivity index (χ3v) is 3.50. The van der Waals surface area contributed by atoms with Gasteiger partial charge in [0.2, 0.25) is 0 Å². The minimum Gasteiger partial charge on any atom is -0.381 e. The summed E-state index contributed by atoms with van der Waals surface area (Å²) in [5.74, 6) is 1.69. The van der Waals surface area contributed by atoms with Crippen molar-refractivity contribution in [2.45, 2.75) is 52.0 Å². The first-order valence-electron chi connectivity index (χ1n) is 6.49. The molecule has 0 aromatic rings. The molecule has 0 aromatic carbocycles. The molecular formula is C13H27NO. The van der Waals surface area contributed by atoms with Gasteiger partial charge in [-0.1, -0.05) is 26.7 Å². The zero-order valence-corrected chi connectivity index (χ0v) is 10.6. The van der Waals surface area contributed by atoms with E-state index in [9.17, 15) is 0 Å². The molecule has 90 valence electrons. The summed E-state index contributed by atoms with van der Waals surface area (Å²) in [5, 5.41) is 3.49. The van der Waals surface area contributed by atoms with Gasteiger partial charge < -0.3 is 10.1 Å². The third kappa shape index (κ3) is 4.98. The van der Waals surface area contributed by atoms with Crippen LogP contribution in [0.1, 0.15) is 46.0 Å². The van der Waals surface area contributed by atoms with Crippen LogP contribution in [0.25, 0.3) is 0 Å².